The first kappa shape index (κ1) is 19.2. The van der Waals surface area contributed by atoms with Crippen molar-refractivity contribution in [3.05, 3.63) is 107 Å². The summed E-state index contributed by atoms with van der Waals surface area (Å²) in [6.07, 6.45) is 8.86. The first-order chi connectivity index (χ1) is 15.2. The quantitative estimate of drug-likeness (QED) is 0.360. The molecule has 2 aromatic carbocycles. The summed E-state index contributed by atoms with van der Waals surface area (Å²) in [4.78, 5) is 16.2. The van der Waals surface area contributed by atoms with E-state index in [0.29, 0.717) is 23.4 Å². The SMILES string of the molecule is C/C(=N\NC(=O)c1cccnc1)c1ccc2c(c1)C1C=CCC1C(c1ccccc1)N2. The molecule has 2 heterocycles. The average molecular weight is 409 g/mol. The second-order valence-electron chi connectivity index (χ2n) is 8.07. The molecule has 1 aliphatic carbocycles. The van der Waals surface area contributed by atoms with Crippen LogP contribution in [0, 0.1) is 5.92 Å². The van der Waals surface area contributed by atoms with Crippen LogP contribution < -0.4 is 10.7 Å². The molecule has 1 aromatic heterocycles. The van der Waals surface area contributed by atoms with E-state index in [-0.39, 0.29) is 5.91 Å². The third-order valence-electron chi connectivity index (χ3n) is 6.19. The monoisotopic (exact) mass is 408 g/mol. The molecular formula is C26H24N4O. The fourth-order valence-corrected chi connectivity index (χ4v) is 4.57. The standard InChI is InChI=1S/C26H24N4O/c1-17(29-30-26(31)20-9-6-14-27-16-20)19-12-13-24-23(15-19)21-10-5-11-22(21)25(28-24)18-7-3-2-4-8-18/h2-10,12-16,21-22,25,28H,11H2,1H3,(H,30,31)/b29-17+. The van der Waals surface area contributed by atoms with E-state index in [0.717, 1.165) is 23.4 Å². The number of aromatic nitrogens is 1. The second kappa shape index (κ2) is 8.19. The van der Waals surface area contributed by atoms with E-state index < -0.39 is 0 Å². The van der Waals surface area contributed by atoms with Gasteiger partial charge in [0.15, 0.2) is 0 Å². The van der Waals surface area contributed by atoms with Crippen molar-refractivity contribution in [2.75, 3.05) is 5.32 Å². The van der Waals surface area contributed by atoms with Crippen molar-refractivity contribution < 1.29 is 4.79 Å². The number of nitrogens with zero attached hydrogens (tertiary/aromatic N) is 2. The highest BCUT2D eigenvalue weighted by Gasteiger charge is 2.37. The molecule has 0 saturated carbocycles. The van der Waals surface area contributed by atoms with Gasteiger partial charge in [0.05, 0.1) is 17.3 Å². The van der Waals surface area contributed by atoms with Crippen LogP contribution in [0.5, 0.6) is 0 Å². The van der Waals surface area contributed by atoms with Crippen LogP contribution in [0.3, 0.4) is 0 Å². The Morgan fingerprint density at radius 3 is 2.77 bits per heavy atom. The zero-order valence-corrected chi connectivity index (χ0v) is 17.3. The molecule has 31 heavy (non-hydrogen) atoms. The molecule has 5 nitrogen and oxygen atoms in total. The van der Waals surface area contributed by atoms with E-state index in [2.05, 4.69) is 81.5 Å². The van der Waals surface area contributed by atoms with Crippen LogP contribution >= 0.6 is 0 Å². The van der Waals surface area contributed by atoms with Gasteiger partial charge >= 0.3 is 0 Å². The van der Waals surface area contributed by atoms with Gasteiger partial charge in [0.25, 0.3) is 5.91 Å². The average Bonchev–Trinajstić information content (AvgIpc) is 3.33. The number of pyridine rings is 1. The Hall–Kier alpha value is -3.73. The van der Waals surface area contributed by atoms with Crippen LogP contribution in [-0.4, -0.2) is 16.6 Å². The van der Waals surface area contributed by atoms with Crippen LogP contribution in [0.1, 0.15) is 52.4 Å². The van der Waals surface area contributed by atoms with Crippen LogP contribution in [0.15, 0.2) is 90.3 Å². The number of hydrogen-bond donors (Lipinski definition) is 2. The zero-order valence-electron chi connectivity index (χ0n) is 17.3. The number of anilines is 1. The first-order valence-corrected chi connectivity index (χ1v) is 10.6. The zero-order chi connectivity index (χ0) is 21.2. The van der Waals surface area contributed by atoms with Crippen LogP contribution in [-0.2, 0) is 0 Å². The van der Waals surface area contributed by atoms with Gasteiger partial charge in [0.2, 0.25) is 0 Å². The third kappa shape index (κ3) is 3.75. The first-order valence-electron chi connectivity index (χ1n) is 10.6. The molecule has 3 unspecified atom stereocenters. The van der Waals surface area contributed by atoms with Gasteiger partial charge in [-0.15, -0.1) is 0 Å². The molecule has 0 fully saturated rings. The fourth-order valence-electron chi connectivity index (χ4n) is 4.57. The Labute approximate surface area is 181 Å². The number of nitrogens with one attached hydrogen (secondary N) is 2. The molecule has 2 aliphatic rings. The number of fused-ring (bicyclic) bond motifs is 3. The van der Waals surface area contributed by atoms with E-state index in [1.807, 2.05) is 6.92 Å². The van der Waals surface area contributed by atoms with Crippen molar-refractivity contribution in [1.82, 2.24) is 10.4 Å². The minimum atomic E-state index is -0.267. The van der Waals surface area contributed by atoms with Crippen molar-refractivity contribution >= 4 is 17.3 Å². The fraction of sp³-hybridized carbons (Fsp3) is 0.192. The smallest absolute Gasteiger partial charge is 0.272 e. The summed E-state index contributed by atoms with van der Waals surface area (Å²) < 4.78 is 0. The summed E-state index contributed by atoms with van der Waals surface area (Å²) in [5.74, 6) is 0.600. The number of carbonyl (C=O) groups is 1. The van der Waals surface area contributed by atoms with E-state index in [9.17, 15) is 4.79 Å². The predicted molar refractivity (Wildman–Crippen MR) is 123 cm³/mol. The highest BCUT2D eigenvalue weighted by molar-refractivity contribution is 6.01. The molecule has 1 amide bonds. The van der Waals surface area contributed by atoms with Gasteiger partial charge in [-0.2, -0.15) is 5.10 Å². The minimum absolute atomic E-state index is 0.267. The van der Waals surface area contributed by atoms with Crippen LogP contribution in [0.4, 0.5) is 5.69 Å². The van der Waals surface area contributed by atoms with Crippen molar-refractivity contribution in [3.8, 4) is 0 Å². The highest BCUT2D eigenvalue weighted by atomic mass is 16.2. The Bertz CT molecular complexity index is 1150. The molecule has 2 N–H and O–H groups in total. The minimum Gasteiger partial charge on any atom is -0.378 e. The summed E-state index contributed by atoms with van der Waals surface area (Å²) in [6, 6.07) is 20.8. The molecular weight excluding hydrogens is 384 g/mol. The molecule has 0 radical (unpaired) electrons. The number of amides is 1. The van der Waals surface area contributed by atoms with Gasteiger partial charge in [0.1, 0.15) is 0 Å². The van der Waals surface area contributed by atoms with Gasteiger partial charge in [-0.25, -0.2) is 5.43 Å². The Morgan fingerprint density at radius 2 is 1.97 bits per heavy atom. The largest absolute Gasteiger partial charge is 0.378 e. The molecule has 1 aliphatic heterocycles. The van der Waals surface area contributed by atoms with E-state index in [1.54, 1.807) is 18.3 Å². The topological polar surface area (TPSA) is 66.4 Å². The number of benzene rings is 2. The maximum Gasteiger partial charge on any atom is 0.272 e. The van der Waals surface area contributed by atoms with Gasteiger partial charge < -0.3 is 5.32 Å². The molecule has 3 aromatic rings. The molecule has 3 atom stereocenters. The molecule has 5 heteroatoms. The van der Waals surface area contributed by atoms with Gasteiger partial charge in [0, 0.05) is 24.0 Å². The van der Waals surface area contributed by atoms with E-state index >= 15 is 0 Å². The number of hydrogen-bond acceptors (Lipinski definition) is 4. The number of hydrazone groups is 1. The van der Waals surface area contributed by atoms with Crippen molar-refractivity contribution in [3.63, 3.8) is 0 Å². The summed E-state index contributed by atoms with van der Waals surface area (Å²) in [5.41, 5.74) is 8.67. The molecule has 0 spiro atoms. The second-order valence-corrected chi connectivity index (χ2v) is 8.07. The summed E-state index contributed by atoms with van der Waals surface area (Å²) in [7, 11) is 0. The lowest BCUT2D eigenvalue weighted by atomic mass is 9.76. The van der Waals surface area contributed by atoms with Crippen molar-refractivity contribution in [2.45, 2.75) is 25.3 Å². The Morgan fingerprint density at radius 1 is 1.10 bits per heavy atom. The Kier molecular flexibility index (Phi) is 5.08. The van der Waals surface area contributed by atoms with E-state index in [4.69, 9.17) is 0 Å². The lowest BCUT2D eigenvalue weighted by Crippen LogP contribution is -2.29. The summed E-state index contributed by atoms with van der Waals surface area (Å²) in [5, 5.41) is 8.08. The third-order valence-corrected chi connectivity index (χ3v) is 6.19. The van der Waals surface area contributed by atoms with Crippen molar-refractivity contribution in [1.29, 1.82) is 0 Å². The highest BCUT2D eigenvalue weighted by Crippen LogP contribution is 2.49. The Balaban J connectivity index is 1.40. The summed E-state index contributed by atoms with van der Waals surface area (Å²) in [6.45, 7) is 1.91. The molecule has 154 valence electrons. The van der Waals surface area contributed by atoms with Crippen LogP contribution in [0.25, 0.3) is 0 Å². The predicted octanol–water partition coefficient (Wildman–Crippen LogP) is 5.06. The maximum absolute atomic E-state index is 12.3. The molecule has 5 rings (SSSR count). The van der Waals surface area contributed by atoms with Crippen molar-refractivity contribution in [2.24, 2.45) is 11.0 Å². The molecule has 0 saturated heterocycles. The normalized spacial score (nSPS) is 21.7. The van der Waals surface area contributed by atoms with Gasteiger partial charge in [-0.1, -0.05) is 48.6 Å². The molecule has 0 bridgehead atoms. The lowest BCUT2D eigenvalue weighted by Gasteiger charge is -2.37. The van der Waals surface area contributed by atoms with Crippen LogP contribution in [0.2, 0.25) is 0 Å². The number of rotatable bonds is 4. The van der Waals surface area contributed by atoms with E-state index in [1.165, 1.54) is 17.3 Å². The summed E-state index contributed by atoms with van der Waals surface area (Å²) >= 11 is 0. The van der Waals surface area contributed by atoms with Gasteiger partial charge in [-0.05, 0) is 60.2 Å². The lowest BCUT2D eigenvalue weighted by molar-refractivity contribution is 0.0954. The van der Waals surface area contributed by atoms with Gasteiger partial charge in [-0.3, -0.25) is 9.78 Å². The number of allylic oxidation sites excluding steroid dienone is 2. The number of carbonyl (C=O) groups excluding carboxylic acids is 1. The maximum atomic E-state index is 12.3.